The van der Waals surface area contributed by atoms with E-state index in [1.807, 2.05) is 29.4 Å². The van der Waals surface area contributed by atoms with Crippen molar-refractivity contribution < 1.29 is 4.79 Å². The van der Waals surface area contributed by atoms with Crippen LogP contribution in [0.1, 0.15) is 51.8 Å². The molecule has 1 fully saturated rings. The Labute approximate surface area is 167 Å². The summed E-state index contributed by atoms with van der Waals surface area (Å²) in [6, 6.07) is 4.11. The number of amides is 2. The van der Waals surface area contributed by atoms with E-state index in [-0.39, 0.29) is 18.1 Å². The maximum absolute atomic E-state index is 12.6. The zero-order chi connectivity index (χ0) is 20.3. The molecule has 2 aromatic rings. The van der Waals surface area contributed by atoms with Crippen molar-refractivity contribution >= 4 is 17.7 Å². The highest BCUT2D eigenvalue weighted by Gasteiger charge is 2.24. The Morgan fingerprint density at radius 3 is 2.82 bits per heavy atom. The van der Waals surface area contributed by atoms with Gasteiger partial charge in [-0.25, -0.2) is 9.48 Å². The lowest BCUT2D eigenvalue weighted by molar-refractivity contribution is 0.246. The van der Waals surface area contributed by atoms with Crippen LogP contribution >= 0.6 is 0 Å². The van der Waals surface area contributed by atoms with Gasteiger partial charge in [0.25, 0.3) is 0 Å². The quantitative estimate of drug-likeness (QED) is 0.797. The Bertz CT molecular complexity index is 794. The first-order valence-electron chi connectivity index (χ1n) is 10.2. The third-order valence-corrected chi connectivity index (χ3v) is 5.20. The lowest BCUT2D eigenvalue weighted by Gasteiger charge is -2.34. The summed E-state index contributed by atoms with van der Waals surface area (Å²) in [4.78, 5) is 14.9. The fourth-order valence-corrected chi connectivity index (χ4v) is 4.08. The molecule has 0 radical (unpaired) electrons. The zero-order valence-electron chi connectivity index (χ0n) is 17.6. The average molecular weight is 388 g/mol. The van der Waals surface area contributed by atoms with E-state index in [1.54, 1.807) is 6.20 Å². The standard InChI is InChI=1S/C20H33N7O/c1-14(2)11-16(4)27-18(8-9-21-27)23-20(28)22-17-7-6-10-26(13-17)19-12-15(3)24-25(19)5/h8-9,12,14,16-17H,6-7,10-11,13H2,1-5H3,(H2,22,23,28). The molecule has 0 aromatic carbocycles. The van der Waals surface area contributed by atoms with Crippen LogP contribution in [0.15, 0.2) is 18.3 Å². The van der Waals surface area contributed by atoms with Crippen LogP contribution in [0.25, 0.3) is 0 Å². The second-order valence-electron chi connectivity index (χ2n) is 8.29. The predicted octanol–water partition coefficient (Wildman–Crippen LogP) is 3.32. The first-order valence-corrected chi connectivity index (χ1v) is 10.2. The number of aryl methyl sites for hydroxylation is 2. The predicted molar refractivity (Wildman–Crippen MR) is 112 cm³/mol. The Hall–Kier alpha value is -2.51. The van der Waals surface area contributed by atoms with Crippen LogP contribution in [0, 0.1) is 12.8 Å². The molecule has 1 aliphatic heterocycles. The van der Waals surface area contributed by atoms with Crippen molar-refractivity contribution in [2.24, 2.45) is 13.0 Å². The van der Waals surface area contributed by atoms with Crippen molar-refractivity contribution in [2.45, 2.75) is 59.0 Å². The smallest absolute Gasteiger partial charge is 0.320 e. The molecule has 1 aliphatic rings. The van der Waals surface area contributed by atoms with Crippen LogP contribution in [0.5, 0.6) is 0 Å². The molecule has 0 bridgehead atoms. The number of carbonyl (C=O) groups is 1. The Morgan fingerprint density at radius 1 is 1.36 bits per heavy atom. The molecular weight excluding hydrogens is 354 g/mol. The Balaban J connectivity index is 1.58. The fraction of sp³-hybridized carbons (Fsp3) is 0.650. The number of nitrogens with one attached hydrogen (secondary N) is 2. The third-order valence-electron chi connectivity index (χ3n) is 5.20. The second kappa shape index (κ2) is 8.67. The summed E-state index contributed by atoms with van der Waals surface area (Å²) in [7, 11) is 1.96. The minimum Gasteiger partial charge on any atom is -0.355 e. The first kappa shape index (κ1) is 20.2. The van der Waals surface area contributed by atoms with E-state index in [9.17, 15) is 4.79 Å². The molecule has 154 valence electrons. The van der Waals surface area contributed by atoms with Gasteiger partial charge in [-0.3, -0.25) is 10.00 Å². The van der Waals surface area contributed by atoms with Gasteiger partial charge in [-0.1, -0.05) is 13.8 Å². The van der Waals surface area contributed by atoms with Crippen molar-refractivity contribution in [3.8, 4) is 0 Å². The highest BCUT2D eigenvalue weighted by molar-refractivity contribution is 5.88. The number of urea groups is 1. The zero-order valence-corrected chi connectivity index (χ0v) is 17.6. The van der Waals surface area contributed by atoms with E-state index in [1.165, 1.54) is 0 Å². The maximum atomic E-state index is 12.6. The van der Waals surface area contributed by atoms with Gasteiger partial charge in [-0.05, 0) is 39.0 Å². The van der Waals surface area contributed by atoms with Gasteiger partial charge < -0.3 is 10.2 Å². The van der Waals surface area contributed by atoms with E-state index in [2.05, 4.69) is 52.6 Å². The van der Waals surface area contributed by atoms with Gasteiger partial charge >= 0.3 is 6.03 Å². The van der Waals surface area contributed by atoms with Crippen LogP contribution < -0.4 is 15.5 Å². The van der Waals surface area contributed by atoms with Crippen LogP contribution in [0.3, 0.4) is 0 Å². The van der Waals surface area contributed by atoms with E-state index in [0.717, 1.165) is 49.7 Å². The monoisotopic (exact) mass is 387 g/mol. The molecule has 28 heavy (non-hydrogen) atoms. The second-order valence-corrected chi connectivity index (χ2v) is 8.29. The lowest BCUT2D eigenvalue weighted by atomic mass is 10.1. The molecule has 3 heterocycles. The lowest BCUT2D eigenvalue weighted by Crippen LogP contribution is -2.49. The molecule has 2 amide bonds. The molecule has 0 spiro atoms. The number of carbonyl (C=O) groups excluding carboxylic acids is 1. The summed E-state index contributed by atoms with van der Waals surface area (Å²) in [6.07, 6.45) is 4.77. The van der Waals surface area contributed by atoms with Gasteiger partial charge in [-0.15, -0.1) is 0 Å². The largest absolute Gasteiger partial charge is 0.355 e. The summed E-state index contributed by atoms with van der Waals surface area (Å²) in [6.45, 7) is 10.3. The highest BCUT2D eigenvalue weighted by Crippen LogP contribution is 2.22. The molecule has 2 aromatic heterocycles. The third kappa shape index (κ3) is 4.85. The number of aromatic nitrogens is 4. The fourth-order valence-electron chi connectivity index (χ4n) is 4.08. The minimum atomic E-state index is -0.175. The minimum absolute atomic E-state index is 0.105. The molecule has 2 N–H and O–H groups in total. The molecule has 2 atom stereocenters. The van der Waals surface area contributed by atoms with Crippen LogP contribution in [-0.4, -0.2) is 44.7 Å². The maximum Gasteiger partial charge on any atom is 0.320 e. The number of nitrogens with zero attached hydrogens (tertiary/aromatic N) is 5. The van der Waals surface area contributed by atoms with Gasteiger partial charge in [0, 0.05) is 38.3 Å². The molecule has 3 rings (SSSR count). The molecule has 8 heteroatoms. The molecule has 1 saturated heterocycles. The Kier molecular flexibility index (Phi) is 6.26. The first-order chi connectivity index (χ1) is 13.3. The molecule has 2 unspecified atom stereocenters. The van der Waals surface area contributed by atoms with E-state index >= 15 is 0 Å². The summed E-state index contributed by atoms with van der Waals surface area (Å²) < 4.78 is 3.80. The SMILES string of the molecule is Cc1cc(N2CCCC(NC(=O)Nc3ccnn3C(C)CC(C)C)C2)n(C)n1. The van der Waals surface area contributed by atoms with E-state index in [4.69, 9.17) is 0 Å². The number of hydrogen-bond donors (Lipinski definition) is 2. The molecule has 0 saturated carbocycles. The number of hydrogen-bond acceptors (Lipinski definition) is 4. The van der Waals surface area contributed by atoms with Crippen LogP contribution in [0.2, 0.25) is 0 Å². The van der Waals surface area contributed by atoms with Crippen molar-refractivity contribution in [2.75, 3.05) is 23.3 Å². The summed E-state index contributed by atoms with van der Waals surface area (Å²) in [5, 5.41) is 14.9. The Morgan fingerprint density at radius 2 is 2.14 bits per heavy atom. The van der Waals surface area contributed by atoms with Gasteiger partial charge in [0.2, 0.25) is 0 Å². The van der Waals surface area contributed by atoms with Gasteiger partial charge in [0.15, 0.2) is 0 Å². The molecule has 0 aliphatic carbocycles. The van der Waals surface area contributed by atoms with Gasteiger partial charge in [0.05, 0.1) is 17.9 Å². The van der Waals surface area contributed by atoms with Crippen molar-refractivity contribution in [1.29, 1.82) is 0 Å². The number of piperidine rings is 1. The van der Waals surface area contributed by atoms with Crippen molar-refractivity contribution in [3.05, 3.63) is 24.0 Å². The van der Waals surface area contributed by atoms with E-state index in [0.29, 0.717) is 5.92 Å². The number of rotatable bonds is 6. The van der Waals surface area contributed by atoms with Gasteiger partial charge in [0.1, 0.15) is 11.6 Å². The van der Waals surface area contributed by atoms with Crippen molar-refractivity contribution in [3.63, 3.8) is 0 Å². The van der Waals surface area contributed by atoms with Gasteiger partial charge in [-0.2, -0.15) is 10.2 Å². The summed E-state index contributed by atoms with van der Waals surface area (Å²) in [5.74, 6) is 2.41. The molecular formula is C20H33N7O. The number of anilines is 2. The average Bonchev–Trinajstić information content (AvgIpc) is 3.20. The molecule has 8 nitrogen and oxygen atoms in total. The van der Waals surface area contributed by atoms with E-state index < -0.39 is 0 Å². The van der Waals surface area contributed by atoms with Crippen molar-refractivity contribution in [1.82, 2.24) is 24.9 Å². The topological polar surface area (TPSA) is 80.0 Å². The van der Waals surface area contributed by atoms with Crippen LogP contribution in [0.4, 0.5) is 16.4 Å². The summed E-state index contributed by atoms with van der Waals surface area (Å²) in [5.41, 5.74) is 1.01. The summed E-state index contributed by atoms with van der Waals surface area (Å²) >= 11 is 0. The van der Waals surface area contributed by atoms with Crippen LogP contribution in [-0.2, 0) is 7.05 Å². The normalized spacial score (nSPS) is 18.4. The highest BCUT2D eigenvalue weighted by atomic mass is 16.2.